The molecule has 4 aromatic rings. The molecule has 0 aliphatic heterocycles. The van der Waals surface area contributed by atoms with Gasteiger partial charge in [-0.2, -0.15) is 0 Å². The van der Waals surface area contributed by atoms with Crippen molar-refractivity contribution in [1.29, 1.82) is 0 Å². The maximum Gasteiger partial charge on any atom is 0.262 e. The zero-order valence-electron chi connectivity index (χ0n) is 15.2. The van der Waals surface area contributed by atoms with Crippen molar-refractivity contribution < 1.29 is 9.18 Å². The number of nitrogens with zero attached hydrogens (tertiary/aromatic N) is 1. The summed E-state index contributed by atoms with van der Waals surface area (Å²) in [5.41, 5.74) is 1.53. The predicted molar refractivity (Wildman–Crippen MR) is 112 cm³/mol. The van der Waals surface area contributed by atoms with Gasteiger partial charge in [0.15, 0.2) is 0 Å². The molecule has 1 heterocycles. The van der Waals surface area contributed by atoms with E-state index in [0.29, 0.717) is 27.0 Å². The Hall–Kier alpha value is -3.44. The summed E-state index contributed by atoms with van der Waals surface area (Å²) in [6.45, 7) is 0.244. The lowest BCUT2D eigenvalue weighted by Crippen LogP contribution is -2.27. The largest absolute Gasteiger partial charge is 0.348 e. The first kappa shape index (κ1) is 18.9. The van der Waals surface area contributed by atoms with Gasteiger partial charge >= 0.3 is 0 Å². The lowest BCUT2D eigenvalue weighted by Gasteiger charge is -2.13. The minimum atomic E-state index is -0.332. The van der Waals surface area contributed by atoms with E-state index in [1.54, 1.807) is 60.7 Å². The molecule has 0 unspecified atom stereocenters. The first-order chi connectivity index (χ1) is 14.0. The Morgan fingerprint density at radius 3 is 2.28 bits per heavy atom. The Bertz CT molecular complexity index is 1250. The minimum absolute atomic E-state index is 0.224. The van der Waals surface area contributed by atoms with Crippen LogP contribution in [0.4, 0.5) is 4.39 Å². The quantitative estimate of drug-likeness (QED) is 0.533. The average Bonchev–Trinajstić information content (AvgIpc) is 2.74. The number of hydrogen-bond acceptors (Lipinski definition) is 2. The normalized spacial score (nSPS) is 10.8. The van der Waals surface area contributed by atoms with E-state index in [2.05, 4.69) is 5.32 Å². The van der Waals surface area contributed by atoms with E-state index < -0.39 is 0 Å². The van der Waals surface area contributed by atoms with Crippen LogP contribution in [0.2, 0.25) is 5.02 Å². The summed E-state index contributed by atoms with van der Waals surface area (Å²) in [6.07, 6.45) is 1.54. The third-order valence-corrected chi connectivity index (χ3v) is 4.89. The van der Waals surface area contributed by atoms with E-state index in [1.165, 1.54) is 22.9 Å². The Kier molecular flexibility index (Phi) is 5.14. The third kappa shape index (κ3) is 3.91. The SMILES string of the molecule is O=C(NCc1ccc(F)cc1)c1cn(-c2ccc(Cl)cc2)c(=O)c2ccccc12. The van der Waals surface area contributed by atoms with Gasteiger partial charge in [0, 0.05) is 34.2 Å². The van der Waals surface area contributed by atoms with Crippen molar-refractivity contribution >= 4 is 28.3 Å². The number of hydrogen-bond donors (Lipinski definition) is 1. The molecular formula is C23H16ClFN2O2. The Labute approximate surface area is 171 Å². The number of carbonyl (C=O) groups is 1. The van der Waals surface area contributed by atoms with E-state index >= 15 is 0 Å². The van der Waals surface area contributed by atoms with Gasteiger partial charge in [-0.15, -0.1) is 0 Å². The van der Waals surface area contributed by atoms with Crippen molar-refractivity contribution in [3.63, 3.8) is 0 Å². The average molecular weight is 407 g/mol. The van der Waals surface area contributed by atoms with E-state index in [-0.39, 0.29) is 23.8 Å². The zero-order valence-corrected chi connectivity index (χ0v) is 16.0. The number of pyridine rings is 1. The minimum Gasteiger partial charge on any atom is -0.348 e. The lowest BCUT2D eigenvalue weighted by atomic mass is 10.1. The molecule has 0 saturated carbocycles. The maximum absolute atomic E-state index is 13.1. The molecule has 0 atom stereocenters. The Balaban J connectivity index is 1.75. The zero-order chi connectivity index (χ0) is 20.4. The van der Waals surface area contributed by atoms with Crippen molar-refractivity contribution in [3.8, 4) is 5.69 Å². The fourth-order valence-electron chi connectivity index (χ4n) is 3.15. The van der Waals surface area contributed by atoms with Crippen molar-refractivity contribution in [3.05, 3.63) is 111 Å². The summed E-state index contributed by atoms with van der Waals surface area (Å²) in [5.74, 6) is -0.658. The number of nitrogens with one attached hydrogen (secondary N) is 1. The lowest BCUT2D eigenvalue weighted by molar-refractivity contribution is 0.0952. The maximum atomic E-state index is 13.1. The van der Waals surface area contributed by atoms with Crippen LogP contribution in [0.15, 0.2) is 83.8 Å². The van der Waals surface area contributed by atoms with Gasteiger partial charge < -0.3 is 5.32 Å². The first-order valence-electron chi connectivity index (χ1n) is 8.96. The van der Waals surface area contributed by atoms with E-state index in [4.69, 9.17) is 11.6 Å². The summed E-state index contributed by atoms with van der Waals surface area (Å²) < 4.78 is 14.5. The number of carbonyl (C=O) groups excluding carboxylic acids is 1. The monoisotopic (exact) mass is 406 g/mol. The molecule has 144 valence electrons. The molecule has 29 heavy (non-hydrogen) atoms. The Morgan fingerprint density at radius 1 is 0.931 bits per heavy atom. The second-order valence-electron chi connectivity index (χ2n) is 6.55. The van der Waals surface area contributed by atoms with Crippen molar-refractivity contribution in [2.75, 3.05) is 0 Å². The molecule has 4 rings (SSSR count). The molecule has 0 aliphatic carbocycles. The van der Waals surface area contributed by atoms with Gasteiger partial charge in [0.2, 0.25) is 0 Å². The van der Waals surface area contributed by atoms with E-state index in [0.717, 1.165) is 5.56 Å². The van der Waals surface area contributed by atoms with E-state index in [1.807, 2.05) is 0 Å². The van der Waals surface area contributed by atoms with Crippen LogP contribution in [0.5, 0.6) is 0 Å². The molecule has 3 aromatic carbocycles. The molecule has 0 aliphatic rings. The Morgan fingerprint density at radius 2 is 1.59 bits per heavy atom. The van der Waals surface area contributed by atoms with Crippen molar-refractivity contribution in [2.24, 2.45) is 0 Å². The van der Waals surface area contributed by atoms with Crippen LogP contribution in [0.1, 0.15) is 15.9 Å². The number of halogens is 2. The van der Waals surface area contributed by atoms with Crippen molar-refractivity contribution in [1.82, 2.24) is 9.88 Å². The van der Waals surface area contributed by atoms with Gasteiger partial charge in [-0.1, -0.05) is 41.9 Å². The summed E-state index contributed by atoms with van der Waals surface area (Å²) in [5, 5.41) is 4.40. The molecule has 0 spiro atoms. The first-order valence-corrected chi connectivity index (χ1v) is 9.34. The number of amides is 1. The smallest absolute Gasteiger partial charge is 0.262 e. The summed E-state index contributed by atoms with van der Waals surface area (Å²) in [4.78, 5) is 25.9. The van der Waals surface area contributed by atoms with Crippen molar-refractivity contribution in [2.45, 2.75) is 6.54 Å². The molecule has 0 saturated heterocycles. The van der Waals surface area contributed by atoms with Crippen LogP contribution < -0.4 is 10.9 Å². The highest BCUT2D eigenvalue weighted by Crippen LogP contribution is 2.19. The number of benzene rings is 3. The summed E-state index contributed by atoms with van der Waals surface area (Å²) >= 11 is 5.95. The molecular weight excluding hydrogens is 391 g/mol. The number of rotatable bonds is 4. The van der Waals surface area contributed by atoms with Gasteiger partial charge in [0.05, 0.1) is 5.56 Å². The topological polar surface area (TPSA) is 51.1 Å². The van der Waals surface area contributed by atoms with Crippen LogP contribution in [0.3, 0.4) is 0 Å². The molecule has 1 aromatic heterocycles. The molecule has 0 radical (unpaired) electrons. The highest BCUT2D eigenvalue weighted by atomic mass is 35.5. The fraction of sp³-hybridized carbons (Fsp3) is 0.0435. The fourth-order valence-corrected chi connectivity index (χ4v) is 3.27. The highest BCUT2D eigenvalue weighted by Gasteiger charge is 2.15. The van der Waals surface area contributed by atoms with Gasteiger partial charge in [-0.25, -0.2) is 4.39 Å². The molecule has 1 amide bonds. The van der Waals surface area contributed by atoms with Crippen LogP contribution in [-0.4, -0.2) is 10.5 Å². The van der Waals surface area contributed by atoms with Gasteiger partial charge in [0.1, 0.15) is 5.82 Å². The molecule has 4 nitrogen and oxygen atoms in total. The summed E-state index contributed by atoms with van der Waals surface area (Å²) in [6, 6.07) is 19.7. The standard InChI is InChI=1S/C23H16ClFN2O2/c24-16-7-11-18(12-8-16)27-14-21(19-3-1-2-4-20(19)23(27)29)22(28)26-13-15-5-9-17(25)10-6-15/h1-12,14H,13H2,(H,26,28). The van der Waals surface area contributed by atoms with Gasteiger partial charge in [-0.3, -0.25) is 14.2 Å². The molecule has 6 heteroatoms. The van der Waals surface area contributed by atoms with Gasteiger partial charge in [0.25, 0.3) is 11.5 Å². The van der Waals surface area contributed by atoms with Crippen LogP contribution in [0.25, 0.3) is 16.5 Å². The van der Waals surface area contributed by atoms with Crippen LogP contribution >= 0.6 is 11.6 Å². The number of fused-ring (bicyclic) bond motifs is 1. The molecule has 0 fully saturated rings. The van der Waals surface area contributed by atoms with Crippen LogP contribution in [-0.2, 0) is 6.54 Å². The number of aromatic nitrogens is 1. The second-order valence-corrected chi connectivity index (χ2v) is 6.99. The van der Waals surface area contributed by atoms with E-state index in [9.17, 15) is 14.0 Å². The van der Waals surface area contributed by atoms with Gasteiger partial charge in [-0.05, 0) is 48.0 Å². The van der Waals surface area contributed by atoms with Crippen LogP contribution in [0, 0.1) is 5.82 Å². The molecule has 1 N–H and O–H groups in total. The highest BCUT2D eigenvalue weighted by molar-refractivity contribution is 6.30. The predicted octanol–water partition coefficient (Wildman–Crippen LogP) is 4.71. The second kappa shape index (κ2) is 7.89. The third-order valence-electron chi connectivity index (χ3n) is 4.64. The molecule has 0 bridgehead atoms. The summed E-state index contributed by atoms with van der Waals surface area (Å²) in [7, 11) is 0.